The molecule has 0 saturated carbocycles. The molecule has 0 fully saturated rings. The van der Waals surface area contributed by atoms with Gasteiger partial charge in [0.1, 0.15) is 6.17 Å². The Hall–Kier alpha value is -0.990. The van der Waals surface area contributed by atoms with Crippen LogP contribution in [0.1, 0.15) is 19.3 Å². The Labute approximate surface area is 75.1 Å². The Morgan fingerprint density at radius 3 is 2.85 bits per heavy atom. The Morgan fingerprint density at radius 1 is 1.31 bits per heavy atom. The molecule has 0 bridgehead atoms. The van der Waals surface area contributed by atoms with E-state index >= 15 is 0 Å². The zero-order valence-electron chi connectivity index (χ0n) is 7.09. The van der Waals surface area contributed by atoms with Gasteiger partial charge in [0.25, 0.3) is 0 Å². The molecule has 0 radical (unpaired) electrons. The molecule has 3 heteroatoms. The van der Waals surface area contributed by atoms with Gasteiger partial charge in [-0.3, -0.25) is 4.79 Å². The SMILES string of the molecule is O=C1C=C2C(=CCC(F)C2F)CC1. The van der Waals surface area contributed by atoms with E-state index in [1.54, 1.807) is 6.08 Å². The van der Waals surface area contributed by atoms with Gasteiger partial charge in [0.05, 0.1) is 0 Å². The first kappa shape index (κ1) is 8.60. The normalized spacial score (nSPS) is 33.5. The second-order valence-electron chi connectivity index (χ2n) is 3.45. The van der Waals surface area contributed by atoms with Crippen molar-refractivity contribution in [1.29, 1.82) is 0 Å². The van der Waals surface area contributed by atoms with E-state index in [4.69, 9.17) is 0 Å². The van der Waals surface area contributed by atoms with Crippen LogP contribution in [-0.2, 0) is 4.79 Å². The van der Waals surface area contributed by atoms with Crippen LogP contribution in [0.4, 0.5) is 8.78 Å². The minimum Gasteiger partial charge on any atom is -0.295 e. The molecular weight excluding hydrogens is 174 g/mol. The van der Waals surface area contributed by atoms with Gasteiger partial charge in [0, 0.05) is 12.8 Å². The first-order valence-corrected chi connectivity index (χ1v) is 4.40. The number of hydrogen-bond donors (Lipinski definition) is 0. The van der Waals surface area contributed by atoms with Gasteiger partial charge in [0.15, 0.2) is 12.0 Å². The van der Waals surface area contributed by atoms with E-state index in [1.807, 2.05) is 0 Å². The maximum absolute atomic E-state index is 13.2. The predicted octanol–water partition coefficient (Wildman–Crippen LogP) is 2.28. The molecule has 0 N–H and O–H groups in total. The van der Waals surface area contributed by atoms with Crippen LogP contribution in [-0.4, -0.2) is 18.1 Å². The van der Waals surface area contributed by atoms with Gasteiger partial charge in [-0.15, -0.1) is 0 Å². The number of ketones is 1. The van der Waals surface area contributed by atoms with Crippen molar-refractivity contribution in [3.63, 3.8) is 0 Å². The van der Waals surface area contributed by atoms with Gasteiger partial charge in [-0.25, -0.2) is 8.78 Å². The molecule has 0 saturated heterocycles. The molecule has 0 heterocycles. The van der Waals surface area contributed by atoms with Crippen molar-refractivity contribution in [3.8, 4) is 0 Å². The van der Waals surface area contributed by atoms with E-state index in [0.29, 0.717) is 12.8 Å². The number of rotatable bonds is 0. The van der Waals surface area contributed by atoms with E-state index < -0.39 is 12.3 Å². The third-order valence-corrected chi connectivity index (χ3v) is 2.53. The van der Waals surface area contributed by atoms with Crippen molar-refractivity contribution >= 4 is 5.78 Å². The van der Waals surface area contributed by atoms with Crippen LogP contribution in [0.3, 0.4) is 0 Å². The summed E-state index contributed by atoms with van der Waals surface area (Å²) in [6.45, 7) is 0. The Bertz CT molecular complexity index is 304. The topological polar surface area (TPSA) is 17.1 Å². The van der Waals surface area contributed by atoms with Gasteiger partial charge in [0.2, 0.25) is 0 Å². The summed E-state index contributed by atoms with van der Waals surface area (Å²) >= 11 is 0. The van der Waals surface area contributed by atoms with Crippen molar-refractivity contribution in [3.05, 3.63) is 23.3 Å². The van der Waals surface area contributed by atoms with Crippen LogP contribution in [0.2, 0.25) is 0 Å². The standard InChI is InChI=1S/C10H10F2O/c11-9-4-2-6-1-3-7(13)5-8(6)10(9)12/h2,5,9-10H,1,3-4H2. The highest BCUT2D eigenvalue weighted by Gasteiger charge is 2.32. The van der Waals surface area contributed by atoms with E-state index in [9.17, 15) is 13.6 Å². The molecule has 2 aliphatic rings. The van der Waals surface area contributed by atoms with Crippen molar-refractivity contribution in [2.75, 3.05) is 0 Å². The largest absolute Gasteiger partial charge is 0.295 e. The summed E-state index contributed by atoms with van der Waals surface area (Å²) in [4.78, 5) is 11.0. The monoisotopic (exact) mass is 184 g/mol. The third-order valence-electron chi connectivity index (χ3n) is 2.53. The third kappa shape index (κ3) is 1.43. The number of halogens is 2. The quantitative estimate of drug-likeness (QED) is 0.564. The van der Waals surface area contributed by atoms with Crippen LogP contribution >= 0.6 is 0 Å². The molecule has 2 aliphatic carbocycles. The van der Waals surface area contributed by atoms with Crippen molar-refractivity contribution < 1.29 is 13.6 Å². The minimum atomic E-state index is -1.59. The molecular formula is C10H10F2O. The highest BCUT2D eigenvalue weighted by Crippen LogP contribution is 2.34. The first-order valence-electron chi connectivity index (χ1n) is 4.40. The van der Waals surface area contributed by atoms with Crippen LogP contribution in [0.15, 0.2) is 23.3 Å². The fourth-order valence-electron chi connectivity index (χ4n) is 1.79. The molecule has 13 heavy (non-hydrogen) atoms. The van der Waals surface area contributed by atoms with Gasteiger partial charge in [-0.2, -0.15) is 0 Å². The lowest BCUT2D eigenvalue weighted by molar-refractivity contribution is -0.114. The smallest absolute Gasteiger partial charge is 0.157 e. The summed E-state index contributed by atoms with van der Waals surface area (Å²) in [5, 5.41) is 0. The maximum atomic E-state index is 13.2. The number of carbonyl (C=O) groups excluding carboxylic acids is 1. The Morgan fingerprint density at radius 2 is 2.08 bits per heavy atom. The average Bonchev–Trinajstić information content (AvgIpc) is 2.12. The summed E-state index contributed by atoms with van der Waals surface area (Å²) in [7, 11) is 0. The summed E-state index contributed by atoms with van der Waals surface area (Å²) in [6.07, 6.45) is 1.04. The highest BCUT2D eigenvalue weighted by atomic mass is 19.2. The van der Waals surface area contributed by atoms with E-state index in [-0.39, 0.29) is 17.8 Å². The minimum absolute atomic E-state index is 0.0936. The number of hydrogen-bond acceptors (Lipinski definition) is 1. The highest BCUT2D eigenvalue weighted by molar-refractivity contribution is 5.93. The molecule has 70 valence electrons. The number of fused-ring (bicyclic) bond motifs is 1. The molecule has 0 aliphatic heterocycles. The van der Waals surface area contributed by atoms with E-state index in [0.717, 1.165) is 5.57 Å². The van der Waals surface area contributed by atoms with Crippen molar-refractivity contribution in [2.24, 2.45) is 0 Å². The molecule has 0 amide bonds. The average molecular weight is 184 g/mol. The number of alkyl halides is 2. The van der Waals surface area contributed by atoms with Gasteiger partial charge in [-0.05, 0) is 23.6 Å². The fraction of sp³-hybridized carbons (Fsp3) is 0.500. The van der Waals surface area contributed by atoms with Crippen LogP contribution < -0.4 is 0 Å². The summed E-state index contributed by atoms with van der Waals surface area (Å²) < 4.78 is 26.2. The first-order chi connectivity index (χ1) is 6.18. The van der Waals surface area contributed by atoms with Crippen LogP contribution in [0.25, 0.3) is 0 Å². The van der Waals surface area contributed by atoms with Gasteiger partial charge < -0.3 is 0 Å². The van der Waals surface area contributed by atoms with Gasteiger partial charge in [-0.1, -0.05) is 6.08 Å². The van der Waals surface area contributed by atoms with E-state index in [1.165, 1.54) is 6.08 Å². The predicted molar refractivity (Wildman–Crippen MR) is 44.8 cm³/mol. The van der Waals surface area contributed by atoms with Crippen LogP contribution in [0, 0.1) is 0 Å². The lowest BCUT2D eigenvalue weighted by atomic mass is 9.83. The second kappa shape index (κ2) is 3.05. The molecule has 2 atom stereocenters. The summed E-state index contributed by atoms with van der Waals surface area (Å²) in [5.41, 5.74) is 1.09. The molecule has 2 unspecified atom stereocenters. The Kier molecular flexibility index (Phi) is 2.02. The van der Waals surface area contributed by atoms with Crippen molar-refractivity contribution in [1.82, 2.24) is 0 Å². The summed E-state index contributed by atoms with van der Waals surface area (Å²) in [5.74, 6) is -0.0936. The number of allylic oxidation sites excluding steroid dienone is 4. The van der Waals surface area contributed by atoms with Crippen molar-refractivity contribution in [2.45, 2.75) is 31.6 Å². The van der Waals surface area contributed by atoms with E-state index in [2.05, 4.69) is 0 Å². The molecule has 0 spiro atoms. The maximum Gasteiger partial charge on any atom is 0.157 e. The molecule has 1 nitrogen and oxygen atoms in total. The lowest BCUT2D eigenvalue weighted by Crippen LogP contribution is -2.27. The lowest BCUT2D eigenvalue weighted by Gasteiger charge is -2.26. The zero-order chi connectivity index (χ0) is 9.42. The molecule has 0 aromatic heterocycles. The second-order valence-corrected chi connectivity index (χ2v) is 3.45. The molecule has 2 rings (SSSR count). The molecule has 0 aromatic carbocycles. The molecule has 0 aromatic rings. The summed E-state index contributed by atoms with van der Waals surface area (Å²) in [6, 6.07) is 0. The fourth-order valence-corrected chi connectivity index (χ4v) is 1.79. The zero-order valence-corrected chi connectivity index (χ0v) is 7.09. The Balaban J connectivity index is 2.37. The number of carbonyl (C=O) groups is 1. The van der Waals surface area contributed by atoms with Crippen LogP contribution in [0.5, 0.6) is 0 Å². The van der Waals surface area contributed by atoms with Gasteiger partial charge >= 0.3 is 0 Å².